The number of esters is 1. The summed E-state index contributed by atoms with van der Waals surface area (Å²) < 4.78 is 11.1. The molecule has 0 aromatic heterocycles. The van der Waals surface area contributed by atoms with Crippen molar-refractivity contribution in [3.8, 4) is 11.5 Å². The van der Waals surface area contributed by atoms with E-state index in [1.54, 1.807) is 12.1 Å². The van der Waals surface area contributed by atoms with Crippen LogP contribution in [0.25, 0.3) is 0 Å². The first-order valence-electron chi connectivity index (χ1n) is 12.2. The predicted molar refractivity (Wildman–Crippen MR) is 127 cm³/mol. The maximum Gasteiger partial charge on any atom is 0.311 e. The first kappa shape index (κ1) is 23.4. The molecule has 0 spiro atoms. The molecule has 3 rings (SSSR count). The van der Waals surface area contributed by atoms with Gasteiger partial charge in [0.2, 0.25) is 0 Å². The molecule has 0 unspecified atom stereocenters. The maximum absolute atomic E-state index is 12.2. The number of hydrogen-bond donors (Lipinski definition) is 0. The third-order valence-electron chi connectivity index (χ3n) is 6.43. The van der Waals surface area contributed by atoms with Gasteiger partial charge < -0.3 is 9.47 Å². The van der Waals surface area contributed by atoms with Crippen LogP contribution in [-0.4, -0.2) is 12.6 Å². The lowest BCUT2D eigenvalue weighted by molar-refractivity contribution is -0.134. The van der Waals surface area contributed by atoms with Crippen molar-refractivity contribution in [2.45, 2.75) is 84.0 Å². The summed E-state index contributed by atoms with van der Waals surface area (Å²) in [4.78, 5) is 12.2. The lowest BCUT2D eigenvalue weighted by Gasteiger charge is -2.28. The van der Waals surface area contributed by atoms with Crippen molar-refractivity contribution in [3.63, 3.8) is 0 Å². The minimum atomic E-state index is -0.196. The highest BCUT2D eigenvalue weighted by molar-refractivity contribution is 5.72. The van der Waals surface area contributed by atoms with Crippen LogP contribution in [0.5, 0.6) is 11.5 Å². The second-order valence-electron chi connectivity index (χ2n) is 8.90. The molecular weight excluding hydrogens is 384 g/mol. The molecule has 1 aliphatic carbocycles. The molecule has 2 aromatic carbocycles. The van der Waals surface area contributed by atoms with Crippen molar-refractivity contribution in [3.05, 3.63) is 59.7 Å². The summed E-state index contributed by atoms with van der Waals surface area (Å²) in [5, 5.41) is 0. The van der Waals surface area contributed by atoms with Crippen LogP contribution in [0.2, 0.25) is 0 Å². The zero-order valence-electron chi connectivity index (χ0n) is 19.3. The summed E-state index contributed by atoms with van der Waals surface area (Å²) in [6.07, 6.45) is 11.3. The van der Waals surface area contributed by atoms with Gasteiger partial charge in [0.05, 0.1) is 6.61 Å². The first-order chi connectivity index (χ1) is 15.2. The van der Waals surface area contributed by atoms with Crippen LogP contribution >= 0.6 is 0 Å². The SMILES string of the molecule is CCCCOc1ccc(OC(=O)CCc2ccc([C@H]3CC[C@H](CCC)CC3)cc2)cc1. The molecule has 0 heterocycles. The number of hydrogen-bond acceptors (Lipinski definition) is 3. The van der Waals surface area contributed by atoms with Gasteiger partial charge in [-0.3, -0.25) is 4.79 Å². The Kier molecular flexibility index (Phi) is 9.45. The molecule has 0 saturated heterocycles. The third kappa shape index (κ3) is 7.72. The van der Waals surface area contributed by atoms with E-state index in [2.05, 4.69) is 38.1 Å². The van der Waals surface area contributed by atoms with Crippen molar-refractivity contribution in [1.29, 1.82) is 0 Å². The Morgan fingerprint density at radius 1 is 0.871 bits per heavy atom. The molecule has 2 aromatic rings. The molecule has 168 valence electrons. The minimum absolute atomic E-state index is 0.196. The Morgan fingerprint density at radius 3 is 2.19 bits per heavy atom. The molecule has 31 heavy (non-hydrogen) atoms. The molecular formula is C28H38O3. The molecule has 1 saturated carbocycles. The lowest BCUT2D eigenvalue weighted by atomic mass is 9.77. The molecule has 0 atom stereocenters. The van der Waals surface area contributed by atoms with E-state index < -0.39 is 0 Å². The van der Waals surface area contributed by atoms with E-state index >= 15 is 0 Å². The summed E-state index contributed by atoms with van der Waals surface area (Å²) >= 11 is 0. The Bertz CT molecular complexity index is 771. The first-order valence-corrected chi connectivity index (χ1v) is 12.2. The van der Waals surface area contributed by atoms with E-state index in [9.17, 15) is 4.79 Å². The zero-order valence-corrected chi connectivity index (χ0v) is 19.3. The van der Waals surface area contributed by atoms with E-state index in [1.165, 1.54) is 49.7 Å². The molecule has 0 amide bonds. The van der Waals surface area contributed by atoms with Crippen LogP contribution in [-0.2, 0) is 11.2 Å². The van der Waals surface area contributed by atoms with Gasteiger partial charge in [0.15, 0.2) is 0 Å². The third-order valence-corrected chi connectivity index (χ3v) is 6.43. The number of aryl methyl sites for hydroxylation is 1. The summed E-state index contributed by atoms with van der Waals surface area (Å²) in [7, 11) is 0. The monoisotopic (exact) mass is 422 g/mol. The Balaban J connectivity index is 1.40. The number of carbonyl (C=O) groups excluding carboxylic acids is 1. The van der Waals surface area contributed by atoms with Gasteiger partial charge in [-0.25, -0.2) is 0 Å². The Hall–Kier alpha value is -2.29. The van der Waals surface area contributed by atoms with Crippen molar-refractivity contribution >= 4 is 5.97 Å². The van der Waals surface area contributed by atoms with E-state index in [0.29, 0.717) is 31.1 Å². The molecule has 3 nitrogen and oxygen atoms in total. The molecule has 3 heteroatoms. The number of ether oxygens (including phenoxy) is 2. The largest absolute Gasteiger partial charge is 0.494 e. The van der Waals surface area contributed by atoms with E-state index in [1.807, 2.05) is 12.1 Å². The summed E-state index contributed by atoms with van der Waals surface area (Å²) in [6.45, 7) is 5.15. The van der Waals surface area contributed by atoms with E-state index in [4.69, 9.17) is 9.47 Å². The second-order valence-corrected chi connectivity index (χ2v) is 8.90. The zero-order chi connectivity index (χ0) is 21.9. The maximum atomic E-state index is 12.2. The van der Waals surface area contributed by atoms with Crippen LogP contribution < -0.4 is 9.47 Å². The molecule has 0 bridgehead atoms. The fourth-order valence-corrected chi connectivity index (χ4v) is 4.52. The van der Waals surface area contributed by atoms with Gasteiger partial charge in [0.1, 0.15) is 11.5 Å². The molecule has 1 aliphatic rings. The highest BCUT2D eigenvalue weighted by atomic mass is 16.5. The van der Waals surface area contributed by atoms with Gasteiger partial charge >= 0.3 is 5.97 Å². The fraction of sp³-hybridized carbons (Fsp3) is 0.536. The molecule has 0 N–H and O–H groups in total. The highest BCUT2D eigenvalue weighted by Crippen LogP contribution is 2.37. The van der Waals surface area contributed by atoms with Crippen LogP contribution in [0.1, 0.15) is 88.7 Å². The van der Waals surface area contributed by atoms with Gasteiger partial charge in [-0.2, -0.15) is 0 Å². The smallest absolute Gasteiger partial charge is 0.311 e. The standard InChI is InChI=1S/C28H38O3/c1-3-5-21-30-26-16-18-27(19-17-26)31-28(29)20-11-23-9-14-25(15-10-23)24-12-7-22(6-4-2)8-13-24/h9-10,14-19,22,24H,3-8,11-13,20-21H2,1-2H3/t22-,24-. The van der Waals surface area contributed by atoms with Gasteiger partial charge in [-0.05, 0) is 85.8 Å². The Labute approximate surface area is 188 Å². The number of rotatable bonds is 11. The average Bonchev–Trinajstić information content (AvgIpc) is 2.80. The van der Waals surface area contributed by atoms with Crippen LogP contribution in [0.3, 0.4) is 0 Å². The molecule has 0 aliphatic heterocycles. The van der Waals surface area contributed by atoms with E-state index in [-0.39, 0.29) is 5.97 Å². The van der Waals surface area contributed by atoms with Gasteiger partial charge in [0, 0.05) is 6.42 Å². The van der Waals surface area contributed by atoms with Gasteiger partial charge in [-0.1, -0.05) is 57.4 Å². The summed E-state index contributed by atoms with van der Waals surface area (Å²) in [6, 6.07) is 16.2. The number of benzene rings is 2. The lowest BCUT2D eigenvalue weighted by Crippen LogP contribution is -2.13. The van der Waals surface area contributed by atoms with Crippen molar-refractivity contribution in [2.75, 3.05) is 6.61 Å². The topological polar surface area (TPSA) is 35.5 Å². The predicted octanol–water partition coefficient (Wildman–Crippen LogP) is 7.48. The van der Waals surface area contributed by atoms with Crippen molar-refractivity contribution < 1.29 is 14.3 Å². The van der Waals surface area contributed by atoms with Crippen LogP contribution in [0.4, 0.5) is 0 Å². The molecule has 0 radical (unpaired) electrons. The highest BCUT2D eigenvalue weighted by Gasteiger charge is 2.21. The molecule has 1 fully saturated rings. The number of carbonyl (C=O) groups is 1. The quantitative estimate of drug-likeness (QED) is 0.214. The van der Waals surface area contributed by atoms with Crippen molar-refractivity contribution in [1.82, 2.24) is 0 Å². The average molecular weight is 423 g/mol. The van der Waals surface area contributed by atoms with Crippen molar-refractivity contribution in [2.24, 2.45) is 5.92 Å². The Morgan fingerprint density at radius 2 is 1.55 bits per heavy atom. The van der Waals surface area contributed by atoms with Crippen LogP contribution in [0, 0.1) is 5.92 Å². The number of unbranched alkanes of at least 4 members (excludes halogenated alkanes) is 1. The van der Waals surface area contributed by atoms with Gasteiger partial charge in [-0.15, -0.1) is 0 Å². The summed E-state index contributed by atoms with van der Waals surface area (Å²) in [5.41, 5.74) is 2.66. The minimum Gasteiger partial charge on any atom is -0.494 e. The van der Waals surface area contributed by atoms with E-state index in [0.717, 1.165) is 24.5 Å². The van der Waals surface area contributed by atoms with Gasteiger partial charge in [0.25, 0.3) is 0 Å². The second kappa shape index (κ2) is 12.5. The summed E-state index contributed by atoms with van der Waals surface area (Å²) in [5.74, 6) is 2.84. The fourth-order valence-electron chi connectivity index (χ4n) is 4.52. The normalized spacial score (nSPS) is 18.5. The van der Waals surface area contributed by atoms with Crippen LogP contribution in [0.15, 0.2) is 48.5 Å².